The molecule has 0 saturated carbocycles. The van der Waals surface area contributed by atoms with Gasteiger partial charge >= 0.3 is 0 Å². The van der Waals surface area contributed by atoms with Crippen LogP contribution in [-0.4, -0.2) is 37.5 Å². The van der Waals surface area contributed by atoms with E-state index in [1.807, 2.05) is 0 Å². The van der Waals surface area contributed by atoms with Crippen molar-refractivity contribution < 1.29 is 17.6 Å². The summed E-state index contributed by atoms with van der Waals surface area (Å²) in [5.74, 6) is 1.45. The first-order valence-electron chi connectivity index (χ1n) is 9.30. The lowest BCUT2D eigenvalue weighted by atomic mass is 10.0. The number of carbonyl (C=O) groups is 1. The molecule has 1 aromatic heterocycles. The minimum Gasteiger partial charge on any atom is -0.457 e. The normalized spacial score (nSPS) is 21.7. The maximum atomic E-state index is 12.3. The summed E-state index contributed by atoms with van der Waals surface area (Å²) in [5, 5.41) is 5.88. The van der Waals surface area contributed by atoms with E-state index in [0.717, 1.165) is 24.7 Å². The lowest BCUT2D eigenvalue weighted by molar-refractivity contribution is -0.113. The van der Waals surface area contributed by atoms with Crippen molar-refractivity contribution >= 4 is 38.9 Å². The van der Waals surface area contributed by atoms with Crippen molar-refractivity contribution in [3.8, 4) is 11.3 Å². The Balaban J connectivity index is 1.49. The first kappa shape index (κ1) is 19.9. The van der Waals surface area contributed by atoms with Crippen molar-refractivity contribution in [2.24, 2.45) is 16.0 Å². The molecule has 1 atom stereocenters. The number of benzene rings is 1. The van der Waals surface area contributed by atoms with Gasteiger partial charge in [0, 0.05) is 24.7 Å². The summed E-state index contributed by atoms with van der Waals surface area (Å²) in [7, 11) is -3.73. The fourth-order valence-electron chi connectivity index (χ4n) is 3.42. The predicted molar refractivity (Wildman–Crippen MR) is 113 cm³/mol. The van der Waals surface area contributed by atoms with E-state index in [-0.39, 0.29) is 10.8 Å². The van der Waals surface area contributed by atoms with E-state index < -0.39 is 10.0 Å². The number of amidine groups is 1. The Bertz CT molecular complexity index is 1100. The lowest BCUT2D eigenvalue weighted by Crippen LogP contribution is -2.37. The molecule has 29 heavy (non-hydrogen) atoms. The van der Waals surface area contributed by atoms with Crippen LogP contribution in [0.15, 0.2) is 55.6 Å². The Labute approximate surface area is 173 Å². The van der Waals surface area contributed by atoms with Crippen LogP contribution >= 0.6 is 11.8 Å². The number of sulfonamides is 1. The Kier molecular flexibility index (Phi) is 5.37. The van der Waals surface area contributed by atoms with Gasteiger partial charge in [-0.25, -0.2) is 13.6 Å². The molecule has 9 heteroatoms. The number of thioether (sulfide) groups is 1. The Hall–Kier alpha value is -2.36. The molecule has 0 radical (unpaired) electrons. The van der Waals surface area contributed by atoms with Crippen LogP contribution in [0.1, 0.15) is 25.5 Å². The zero-order valence-corrected chi connectivity index (χ0v) is 17.5. The Morgan fingerprint density at radius 2 is 2.00 bits per heavy atom. The van der Waals surface area contributed by atoms with Gasteiger partial charge in [0.2, 0.25) is 10.0 Å². The molecule has 1 unspecified atom stereocenters. The zero-order valence-electron chi connectivity index (χ0n) is 15.9. The number of carbonyl (C=O) groups excluding carboxylic acids is 1. The third-order valence-electron chi connectivity index (χ3n) is 4.90. The summed E-state index contributed by atoms with van der Waals surface area (Å²) in [6, 6.07) is 9.66. The minimum absolute atomic E-state index is 0.0415. The molecule has 4 rings (SSSR count). The van der Waals surface area contributed by atoms with Crippen molar-refractivity contribution in [1.29, 1.82) is 0 Å². The fraction of sp³-hybridized carbons (Fsp3) is 0.300. The number of likely N-dealkylation sites (tertiary alicyclic amines) is 1. The summed E-state index contributed by atoms with van der Waals surface area (Å²) in [6.07, 6.45) is 4.01. The van der Waals surface area contributed by atoms with Gasteiger partial charge in [-0.05, 0) is 66.9 Å². The molecule has 0 bridgehead atoms. The van der Waals surface area contributed by atoms with Crippen LogP contribution in [0.4, 0.5) is 0 Å². The van der Waals surface area contributed by atoms with Crippen LogP contribution in [0.25, 0.3) is 17.4 Å². The molecule has 0 aliphatic carbocycles. The number of nitrogens with two attached hydrogens (primary N) is 1. The van der Waals surface area contributed by atoms with Crippen LogP contribution in [0.2, 0.25) is 0 Å². The SMILES string of the molecule is CC1CCCN(C2=NC(=O)C(=Cc3ccc(-c4ccc(S(N)(=O)=O)cc4)o3)S2)C1. The molecule has 0 spiro atoms. The van der Waals surface area contributed by atoms with E-state index in [1.165, 1.54) is 30.3 Å². The van der Waals surface area contributed by atoms with E-state index in [4.69, 9.17) is 9.56 Å². The smallest absolute Gasteiger partial charge is 0.286 e. The van der Waals surface area contributed by atoms with Crippen LogP contribution in [0.5, 0.6) is 0 Å². The fourth-order valence-corrected chi connectivity index (χ4v) is 4.86. The van der Waals surface area contributed by atoms with Crippen molar-refractivity contribution in [3.05, 3.63) is 47.1 Å². The lowest BCUT2D eigenvalue weighted by Gasteiger charge is -2.31. The van der Waals surface area contributed by atoms with Crippen LogP contribution < -0.4 is 5.14 Å². The molecule has 152 valence electrons. The first-order chi connectivity index (χ1) is 13.8. The number of piperidine rings is 1. The summed E-state index contributed by atoms with van der Waals surface area (Å²) in [5.41, 5.74) is 0.715. The summed E-state index contributed by atoms with van der Waals surface area (Å²) in [4.78, 5) is 19.3. The highest BCUT2D eigenvalue weighted by Crippen LogP contribution is 2.33. The van der Waals surface area contributed by atoms with Crippen molar-refractivity contribution in [1.82, 2.24) is 4.90 Å². The van der Waals surface area contributed by atoms with E-state index in [1.54, 1.807) is 30.3 Å². The molecule has 2 aliphatic heterocycles. The standard InChI is InChI=1S/C20H21N3O4S2/c1-13-3-2-10-23(12-13)20-22-19(24)18(28-20)11-15-6-9-17(27-15)14-4-7-16(8-5-14)29(21,25)26/h4-9,11,13H,2-3,10,12H2,1H3,(H2,21,25,26). The summed E-state index contributed by atoms with van der Waals surface area (Å²) < 4.78 is 28.5. The van der Waals surface area contributed by atoms with Gasteiger partial charge in [-0.1, -0.05) is 6.92 Å². The molecule has 2 aromatic rings. The van der Waals surface area contributed by atoms with Crippen LogP contribution in [-0.2, 0) is 14.8 Å². The largest absolute Gasteiger partial charge is 0.457 e. The van der Waals surface area contributed by atoms with Crippen molar-refractivity contribution in [2.45, 2.75) is 24.7 Å². The first-order valence-corrected chi connectivity index (χ1v) is 11.7. The maximum absolute atomic E-state index is 12.3. The Morgan fingerprint density at radius 3 is 2.69 bits per heavy atom. The topological polar surface area (TPSA) is 106 Å². The minimum atomic E-state index is -3.73. The Morgan fingerprint density at radius 1 is 1.24 bits per heavy atom. The highest BCUT2D eigenvalue weighted by atomic mass is 32.2. The number of rotatable bonds is 3. The molecule has 3 heterocycles. The number of primary sulfonamides is 1. The molecule has 2 N–H and O–H groups in total. The molecular weight excluding hydrogens is 410 g/mol. The number of furan rings is 1. The molecule has 2 aliphatic rings. The second-order valence-electron chi connectivity index (χ2n) is 7.27. The van der Waals surface area contributed by atoms with Gasteiger partial charge < -0.3 is 9.32 Å². The van der Waals surface area contributed by atoms with Gasteiger partial charge in [0.15, 0.2) is 5.17 Å². The van der Waals surface area contributed by atoms with Gasteiger partial charge in [0.05, 0.1) is 9.80 Å². The number of hydrogen-bond donors (Lipinski definition) is 1. The third-order valence-corrected chi connectivity index (χ3v) is 6.88. The van der Waals surface area contributed by atoms with Crippen LogP contribution in [0.3, 0.4) is 0 Å². The molecular formula is C20H21N3O4S2. The van der Waals surface area contributed by atoms with Crippen molar-refractivity contribution in [3.63, 3.8) is 0 Å². The molecule has 7 nitrogen and oxygen atoms in total. The number of amides is 1. The van der Waals surface area contributed by atoms with Gasteiger partial charge in [0.1, 0.15) is 11.5 Å². The average Bonchev–Trinajstić information content (AvgIpc) is 3.29. The number of hydrogen-bond acceptors (Lipinski definition) is 6. The predicted octanol–water partition coefficient (Wildman–Crippen LogP) is 3.30. The van der Waals surface area contributed by atoms with Gasteiger partial charge in [-0.3, -0.25) is 4.79 Å². The number of nitrogens with zero attached hydrogens (tertiary/aromatic N) is 2. The summed E-state index contributed by atoms with van der Waals surface area (Å²) >= 11 is 1.38. The highest BCUT2D eigenvalue weighted by Gasteiger charge is 2.28. The third kappa shape index (κ3) is 4.47. The van der Waals surface area contributed by atoms with Gasteiger partial charge in [-0.15, -0.1) is 0 Å². The van der Waals surface area contributed by atoms with E-state index in [9.17, 15) is 13.2 Å². The quantitative estimate of drug-likeness (QED) is 0.748. The second kappa shape index (κ2) is 7.81. The monoisotopic (exact) mass is 431 g/mol. The van der Waals surface area contributed by atoms with E-state index in [2.05, 4.69) is 16.8 Å². The van der Waals surface area contributed by atoms with E-state index >= 15 is 0 Å². The maximum Gasteiger partial charge on any atom is 0.286 e. The molecule has 1 saturated heterocycles. The highest BCUT2D eigenvalue weighted by molar-refractivity contribution is 8.18. The van der Waals surface area contributed by atoms with Crippen LogP contribution in [0, 0.1) is 5.92 Å². The molecule has 1 aromatic carbocycles. The van der Waals surface area contributed by atoms with Gasteiger partial charge in [0.25, 0.3) is 5.91 Å². The molecule has 1 amide bonds. The van der Waals surface area contributed by atoms with Crippen molar-refractivity contribution in [2.75, 3.05) is 13.1 Å². The number of aliphatic imine (C=N–C) groups is 1. The zero-order chi connectivity index (χ0) is 20.6. The molecule has 1 fully saturated rings. The van der Waals surface area contributed by atoms with Gasteiger partial charge in [-0.2, -0.15) is 4.99 Å². The van der Waals surface area contributed by atoms with E-state index in [0.29, 0.717) is 27.9 Å². The summed E-state index contributed by atoms with van der Waals surface area (Å²) in [6.45, 7) is 4.06. The second-order valence-corrected chi connectivity index (χ2v) is 9.85. The average molecular weight is 432 g/mol.